The van der Waals surface area contributed by atoms with E-state index in [1.807, 2.05) is 20.9 Å². The number of hydrogen-bond donors (Lipinski definition) is 1. The third-order valence-electron chi connectivity index (χ3n) is 2.39. The summed E-state index contributed by atoms with van der Waals surface area (Å²) in [5.41, 5.74) is 0. The molecule has 1 aliphatic rings. The molecule has 1 fully saturated rings. The summed E-state index contributed by atoms with van der Waals surface area (Å²) >= 11 is 0. The van der Waals surface area contributed by atoms with Crippen LogP contribution in [0, 0.1) is 0 Å². The third kappa shape index (κ3) is 2.44. The average Bonchev–Trinajstić information content (AvgIpc) is 2.28. The van der Waals surface area contributed by atoms with Gasteiger partial charge in [-0.05, 0) is 27.3 Å². The number of aliphatic hydroxyl groups is 1. The number of ether oxygens (including phenoxy) is 1. The zero-order valence-corrected chi connectivity index (χ0v) is 8.16. The minimum atomic E-state index is -0.200. The highest BCUT2D eigenvalue weighted by atomic mass is 16.5. The van der Waals surface area contributed by atoms with Gasteiger partial charge < -0.3 is 9.84 Å². The molecule has 0 bridgehead atoms. The van der Waals surface area contributed by atoms with E-state index in [1.54, 1.807) is 0 Å². The van der Waals surface area contributed by atoms with Crippen molar-refractivity contribution in [3.63, 3.8) is 0 Å². The molecule has 1 N–H and O–H groups in total. The summed E-state index contributed by atoms with van der Waals surface area (Å²) in [6.07, 6.45) is 0.933. The smallest absolute Gasteiger partial charge is 0.0729 e. The molecular formula is C9H19NO2. The van der Waals surface area contributed by atoms with Crippen molar-refractivity contribution in [1.82, 2.24) is 4.90 Å². The van der Waals surface area contributed by atoms with E-state index in [1.165, 1.54) is 0 Å². The lowest BCUT2D eigenvalue weighted by Crippen LogP contribution is -2.37. The zero-order chi connectivity index (χ0) is 9.14. The van der Waals surface area contributed by atoms with Gasteiger partial charge in [0.15, 0.2) is 0 Å². The number of aliphatic hydroxyl groups excluding tert-OH is 1. The number of likely N-dealkylation sites (tertiary alicyclic amines) is 1. The fraction of sp³-hybridized carbons (Fsp3) is 1.00. The summed E-state index contributed by atoms with van der Waals surface area (Å²) in [5, 5.41) is 9.55. The van der Waals surface area contributed by atoms with E-state index in [-0.39, 0.29) is 18.2 Å². The van der Waals surface area contributed by atoms with Crippen molar-refractivity contribution in [3.8, 4) is 0 Å². The van der Waals surface area contributed by atoms with Crippen molar-refractivity contribution in [2.24, 2.45) is 0 Å². The Morgan fingerprint density at radius 3 is 2.67 bits per heavy atom. The Morgan fingerprint density at radius 1 is 1.58 bits per heavy atom. The van der Waals surface area contributed by atoms with Crippen LogP contribution in [0.1, 0.15) is 20.3 Å². The Morgan fingerprint density at radius 2 is 2.25 bits per heavy atom. The average molecular weight is 173 g/mol. The molecular weight excluding hydrogens is 154 g/mol. The normalized spacial score (nSPS) is 31.8. The van der Waals surface area contributed by atoms with Crippen LogP contribution in [-0.2, 0) is 4.74 Å². The molecule has 0 aromatic rings. The van der Waals surface area contributed by atoms with Crippen molar-refractivity contribution in [2.45, 2.75) is 38.5 Å². The summed E-state index contributed by atoms with van der Waals surface area (Å²) in [6, 6.07) is 0.201. The van der Waals surface area contributed by atoms with Gasteiger partial charge >= 0.3 is 0 Å². The highest BCUT2D eigenvalue weighted by molar-refractivity contribution is 4.84. The lowest BCUT2D eigenvalue weighted by atomic mass is 10.2. The quantitative estimate of drug-likeness (QED) is 0.673. The van der Waals surface area contributed by atoms with Crippen LogP contribution in [0.25, 0.3) is 0 Å². The van der Waals surface area contributed by atoms with Gasteiger partial charge in [-0.25, -0.2) is 0 Å². The van der Waals surface area contributed by atoms with Crippen LogP contribution in [0.5, 0.6) is 0 Å². The Bertz CT molecular complexity index is 128. The van der Waals surface area contributed by atoms with E-state index in [2.05, 4.69) is 4.90 Å². The van der Waals surface area contributed by atoms with E-state index < -0.39 is 0 Å². The zero-order valence-electron chi connectivity index (χ0n) is 8.16. The predicted molar refractivity (Wildman–Crippen MR) is 48.1 cm³/mol. The standard InChI is InChI=1S/C9H19NO2/c1-7(2)12-6-8-9(11)4-5-10(8)3/h7-9,11H,4-6H2,1-3H3/t8-,9+/m1/s1. The lowest BCUT2D eigenvalue weighted by molar-refractivity contribution is 0.0100. The molecule has 3 nitrogen and oxygen atoms in total. The van der Waals surface area contributed by atoms with E-state index in [4.69, 9.17) is 4.74 Å². The van der Waals surface area contributed by atoms with Crippen LogP contribution in [0.4, 0.5) is 0 Å². The molecule has 12 heavy (non-hydrogen) atoms. The topological polar surface area (TPSA) is 32.7 Å². The fourth-order valence-corrected chi connectivity index (χ4v) is 1.52. The molecule has 0 unspecified atom stereocenters. The van der Waals surface area contributed by atoms with Gasteiger partial charge in [-0.15, -0.1) is 0 Å². The predicted octanol–water partition coefficient (Wildman–Crippen LogP) is 0.476. The molecule has 0 radical (unpaired) electrons. The summed E-state index contributed by atoms with van der Waals surface area (Å²) < 4.78 is 5.46. The monoisotopic (exact) mass is 173 g/mol. The molecule has 3 heteroatoms. The summed E-state index contributed by atoms with van der Waals surface area (Å²) in [6.45, 7) is 5.66. The SMILES string of the molecule is CC(C)OC[C@@H]1[C@@H](O)CCN1C. The van der Waals surface area contributed by atoms with Crippen molar-refractivity contribution >= 4 is 0 Å². The van der Waals surface area contributed by atoms with E-state index in [0.717, 1.165) is 13.0 Å². The Kier molecular flexibility index (Phi) is 3.50. The first-order valence-corrected chi connectivity index (χ1v) is 4.61. The second kappa shape index (κ2) is 4.21. The molecule has 0 aliphatic carbocycles. The van der Waals surface area contributed by atoms with Gasteiger partial charge in [-0.1, -0.05) is 0 Å². The first-order chi connectivity index (χ1) is 5.61. The highest BCUT2D eigenvalue weighted by Crippen LogP contribution is 2.16. The molecule has 0 aromatic carbocycles. The molecule has 1 saturated heterocycles. The van der Waals surface area contributed by atoms with Crippen LogP contribution in [-0.4, -0.2) is 48.5 Å². The van der Waals surface area contributed by atoms with Gasteiger partial charge in [0.2, 0.25) is 0 Å². The first kappa shape index (κ1) is 9.96. The first-order valence-electron chi connectivity index (χ1n) is 4.61. The largest absolute Gasteiger partial charge is 0.391 e. The van der Waals surface area contributed by atoms with Crippen molar-refractivity contribution < 1.29 is 9.84 Å². The number of nitrogens with zero attached hydrogens (tertiary/aromatic N) is 1. The molecule has 1 rings (SSSR count). The molecule has 0 spiro atoms. The molecule has 72 valence electrons. The lowest BCUT2D eigenvalue weighted by Gasteiger charge is -2.22. The van der Waals surface area contributed by atoms with Gasteiger partial charge in [0.1, 0.15) is 0 Å². The van der Waals surface area contributed by atoms with Crippen molar-refractivity contribution in [1.29, 1.82) is 0 Å². The van der Waals surface area contributed by atoms with Gasteiger partial charge in [0.25, 0.3) is 0 Å². The van der Waals surface area contributed by atoms with Gasteiger partial charge in [0.05, 0.1) is 24.9 Å². The molecule has 0 saturated carbocycles. The van der Waals surface area contributed by atoms with Gasteiger partial charge in [-0.3, -0.25) is 4.90 Å². The summed E-state index contributed by atoms with van der Waals surface area (Å²) in [7, 11) is 2.03. The molecule has 2 atom stereocenters. The van der Waals surface area contributed by atoms with E-state index in [0.29, 0.717) is 6.61 Å². The van der Waals surface area contributed by atoms with Gasteiger partial charge in [-0.2, -0.15) is 0 Å². The maximum atomic E-state index is 9.55. The second-order valence-electron chi connectivity index (χ2n) is 3.79. The number of hydrogen-bond acceptors (Lipinski definition) is 3. The van der Waals surface area contributed by atoms with E-state index >= 15 is 0 Å². The van der Waals surface area contributed by atoms with Crippen LogP contribution >= 0.6 is 0 Å². The molecule has 1 aliphatic heterocycles. The van der Waals surface area contributed by atoms with Crippen molar-refractivity contribution in [2.75, 3.05) is 20.2 Å². The van der Waals surface area contributed by atoms with Crippen molar-refractivity contribution in [3.05, 3.63) is 0 Å². The number of likely N-dealkylation sites (N-methyl/N-ethyl adjacent to an activating group) is 1. The Hall–Kier alpha value is -0.120. The fourth-order valence-electron chi connectivity index (χ4n) is 1.52. The van der Waals surface area contributed by atoms with Crippen LogP contribution in [0.2, 0.25) is 0 Å². The highest BCUT2D eigenvalue weighted by Gasteiger charge is 2.30. The van der Waals surface area contributed by atoms with Gasteiger partial charge in [0, 0.05) is 6.54 Å². The minimum Gasteiger partial charge on any atom is -0.391 e. The molecule has 0 amide bonds. The summed E-state index contributed by atoms with van der Waals surface area (Å²) in [4.78, 5) is 2.16. The maximum absolute atomic E-state index is 9.55. The maximum Gasteiger partial charge on any atom is 0.0729 e. The summed E-state index contributed by atoms with van der Waals surface area (Å²) in [5.74, 6) is 0. The molecule has 0 aromatic heterocycles. The Labute approximate surface area is 74.3 Å². The minimum absolute atomic E-state index is 0.200. The number of rotatable bonds is 3. The van der Waals surface area contributed by atoms with Crippen LogP contribution in [0.15, 0.2) is 0 Å². The van der Waals surface area contributed by atoms with Crippen LogP contribution < -0.4 is 0 Å². The molecule has 1 heterocycles. The van der Waals surface area contributed by atoms with E-state index in [9.17, 15) is 5.11 Å². The third-order valence-corrected chi connectivity index (χ3v) is 2.39. The van der Waals surface area contributed by atoms with Crippen LogP contribution in [0.3, 0.4) is 0 Å². The Balaban J connectivity index is 2.29. The second-order valence-corrected chi connectivity index (χ2v) is 3.79.